The van der Waals surface area contributed by atoms with E-state index in [9.17, 15) is 5.11 Å². The minimum atomic E-state index is -0.194. The van der Waals surface area contributed by atoms with Gasteiger partial charge in [-0.15, -0.1) is 0 Å². The number of pyridine rings is 1. The molecule has 1 fully saturated rings. The number of anilines is 3. The van der Waals surface area contributed by atoms with Gasteiger partial charge in [-0.2, -0.15) is 5.10 Å². The lowest BCUT2D eigenvalue weighted by Crippen LogP contribution is -2.45. The number of hydrogen-bond acceptors (Lipinski definition) is 9. The summed E-state index contributed by atoms with van der Waals surface area (Å²) in [5.41, 5.74) is 10.0. The van der Waals surface area contributed by atoms with Gasteiger partial charge in [0, 0.05) is 43.3 Å². The smallest absolute Gasteiger partial charge is 0.152 e. The quantitative estimate of drug-likeness (QED) is 0.320. The van der Waals surface area contributed by atoms with E-state index in [2.05, 4.69) is 44.6 Å². The summed E-state index contributed by atoms with van der Waals surface area (Å²) in [4.78, 5) is 16.8. The molecular formula is C27H29ClN8OS. The molecule has 4 aromatic rings. The van der Waals surface area contributed by atoms with Gasteiger partial charge in [0.15, 0.2) is 11.6 Å². The van der Waals surface area contributed by atoms with Crippen LogP contribution in [0.1, 0.15) is 35.7 Å². The van der Waals surface area contributed by atoms with E-state index in [0.717, 1.165) is 48.9 Å². The van der Waals surface area contributed by atoms with Crippen molar-refractivity contribution in [1.82, 2.24) is 24.7 Å². The largest absolute Gasteiger partial charge is 0.390 e. The van der Waals surface area contributed by atoms with Crippen LogP contribution in [0.5, 0.6) is 0 Å². The number of aryl methyl sites for hydroxylation is 1. The van der Waals surface area contributed by atoms with Gasteiger partial charge in [-0.25, -0.2) is 15.0 Å². The lowest BCUT2D eigenvalue weighted by Gasteiger charge is -2.42. The monoisotopic (exact) mass is 548 g/mol. The average molecular weight is 549 g/mol. The Balaban J connectivity index is 1.17. The van der Waals surface area contributed by atoms with Crippen LogP contribution in [0, 0.1) is 5.41 Å². The van der Waals surface area contributed by atoms with Gasteiger partial charge in [0.2, 0.25) is 0 Å². The van der Waals surface area contributed by atoms with E-state index in [1.807, 2.05) is 19.2 Å². The Hall–Kier alpha value is -3.18. The minimum absolute atomic E-state index is 0.0606. The van der Waals surface area contributed by atoms with Gasteiger partial charge >= 0.3 is 0 Å². The SMILES string of the molecule is Cn1nccc1Nc1nccc(Sc2cnc(N3CCC4(CC3)Cc3ccccc3[C@H]4N)c(CO)n2)c1Cl. The number of nitrogens with one attached hydrogen (secondary N) is 1. The number of benzene rings is 1. The van der Waals surface area contributed by atoms with E-state index in [4.69, 9.17) is 27.3 Å². The van der Waals surface area contributed by atoms with Crippen molar-refractivity contribution in [1.29, 1.82) is 0 Å². The maximum Gasteiger partial charge on any atom is 0.152 e. The summed E-state index contributed by atoms with van der Waals surface area (Å²) in [7, 11) is 1.84. The van der Waals surface area contributed by atoms with Gasteiger partial charge in [-0.1, -0.05) is 47.6 Å². The molecule has 3 aromatic heterocycles. The predicted octanol–water partition coefficient (Wildman–Crippen LogP) is 4.49. The van der Waals surface area contributed by atoms with Crippen LogP contribution in [0.3, 0.4) is 0 Å². The highest BCUT2D eigenvalue weighted by molar-refractivity contribution is 7.99. The van der Waals surface area contributed by atoms with Crippen molar-refractivity contribution in [2.24, 2.45) is 18.2 Å². The Morgan fingerprint density at radius 3 is 2.71 bits per heavy atom. The third kappa shape index (κ3) is 4.51. The van der Waals surface area contributed by atoms with Crippen molar-refractivity contribution >= 4 is 40.8 Å². The fraction of sp³-hybridized carbons (Fsp3) is 0.333. The molecule has 0 bridgehead atoms. The molecule has 4 N–H and O–H groups in total. The Morgan fingerprint density at radius 1 is 1.16 bits per heavy atom. The van der Waals surface area contributed by atoms with Crippen molar-refractivity contribution in [3.63, 3.8) is 0 Å². The number of aromatic nitrogens is 5. The molecule has 11 heteroatoms. The third-order valence-electron chi connectivity index (χ3n) is 7.74. The number of nitrogens with zero attached hydrogens (tertiary/aromatic N) is 6. The van der Waals surface area contributed by atoms with Crippen LogP contribution in [0.15, 0.2) is 64.9 Å². The molecule has 1 spiro atoms. The number of aliphatic hydroxyl groups excluding tert-OH is 1. The fourth-order valence-corrected chi connectivity index (χ4v) is 6.69. The normalized spacial score (nSPS) is 18.1. The Morgan fingerprint density at radius 2 is 1.97 bits per heavy atom. The molecule has 0 saturated carbocycles. The van der Waals surface area contributed by atoms with Crippen LogP contribution in [-0.4, -0.2) is 42.9 Å². The van der Waals surface area contributed by atoms with Gasteiger partial charge in [0.1, 0.15) is 16.5 Å². The standard InChI is InChI=1S/C27H29ClN8OS/c1-35-21(7-11-32-35)34-25-23(28)20(6-10-30-25)38-22-15-31-26(19(16-37)33-22)36-12-8-27(9-13-36)14-17-4-2-3-5-18(17)24(27)29/h2-7,10-11,15,24,37H,8-9,12-14,16,29H2,1H3,(H,30,34)/t24-/m1/s1. The van der Waals surface area contributed by atoms with Gasteiger partial charge in [-0.3, -0.25) is 4.68 Å². The second-order valence-corrected chi connectivity index (χ2v) is 11.3. The fourth-order valence-electron chi connectivity index (χ4n) is 5.61. The highest BCUT2D eigenvalue weighted by atomic mass is 35.5. The molecule has 2 aliphatic rings. The van der Waals surface area contributed by atoms with Crippen LogP contribution in [0.4, 0.5) is 17.5 Å². The second kappa shape index (κ2) is 10.2. The molecule has 4 heterocycles. The summed E-state index contributed by atoms with van der Waals surface area (Å²) in [6.07, 6.45) is 8.11. The van der Waals surface area contributed by atoms with Crippen LogP contribution in [-0.2, 0) is 20.1 Å². The predicted molar refractivity (Wildman–Crippen MR) is 149 cm³/mol. The van der Waals surface area contributed by atoms with Crippen LogP contribution < -0.4 is 16.0 Å². The van der Waals surface area contributed by atoms with Crippen molar-refractivity contribution in [2.75, 3.05) is 23.3 Å². The molecule has 196 valence electrons. The molecule has 1 aromatic carbocycles. The van der Waals surface area contributed by atoms with Gasteiger partial charge in [0.05, 0.1) is 24.0 Å². The highest BCUT2D eigenvalue weighted by Gasteiger charge is 2.46. The van der Waals surface area contributed by atoms with Crippen molar-refractivity contribution in [3.8, 4) is 0 Å². The summed E-state index contributed by atoms with van der Waals surface area (Å²) >= 11 is 8.05. The summed E-state index contributed by atoms with van der Waals surface area (Å²) < 4.78 is 1.71. The summed E-state index contributed by atoms with van der Waals surface area (Å²) in [5.74, 6) is 2.04. The molecule has 0 radical (unpaired) electrons. The van der Waals surface area contributed by atoms with Gasteiger partial charge < -0.3 is 21.1 Å². The first-order valence-electron chi connectivity index (χ1n) is 12.6. The maximum atomic E-state index is 10.2. The molecule has 6 rings (SSSR count). The van der Waals surface area contributed by atoms with Crippen molar-refractivity contribution in [2.45, 2.75) is 41.8 Å². The van der Waals surface area contributed by atoms with E-state index in [0.29, 0.717) is 21.6 Å². The molecule has 9 nitrogen and oxygen atoms in total. The van der Waals surface area contributed by atoms with E-state index in [1.54, 1.807) is 23.3 Å². The number of rotatable bonds is 6. The minimum Gasteiger partial charge on any atom is -0.390 e. The molecule has 1 aliphatic carbocycles. The van der Waals surface area contributed by atoms with Crippen LogP contribution in [0.2, 0.25) is 5.02 Å². The van der Waals surface area contributed by atoms with E-state index in [-0.39, 0.29) is 18.1 Å². The first kappa shape index (κ1) is 25.1. The van der Waals surface area contributed by atoms with Crippen molar-refractivity contribution < 1.29 is 5.11 Å². The average Bonchev–Trinajstić information content (AvgIpc) is 3.46. The van der Waals surface area contributed by atoms with Crippen LogP contribution >= 0.6 is 23.4 Å². The summed E-state index contributed by atoms with van der Waals surface area (Å²) in [6.45, 7) is 1.46. The van der Waals surface area contributed by atoms with E-state index >= 15 is 0 Å². The molecule has 0 unspecified atom stereocenters. The van der Waals surface area contributed by atoms with E-state index < -0.39 is 0 Å². The number of fused-ring (bicyclic) bond motifs is 1. The number of halogens is 1. The molecular weight excluding hydrogens is 520 g/mol. The number of hydrogen-bond donors (Lipinski definition) is 3. The number of piperidine rings is 1. The lowest BCUT2D eigenvalue weighted by molar-refractivity contribution is 0.186. The Bertz CT molecular complexity index is 1470. The lowest BCUT2D eigenvalue weighted by atomic mass is 9.73. The van der Waals surface area contributed by atoms with Crippen molar-refractivity contribution in [3.05, 3.63) is 76.8 Å². The Kier molecular flexibility index (Phi) is 6.73. The molecule has 1 saturated heterocycles. The molecule has 0 amide bonds. The molecule has 1 aliphatic heterocycles. The third-order valence-corrected chi connectivity index (χ3v) is 9.20. The summed E-state index contributed by atoms with van der Waals surface area (Å²) in [5, 5.41) is 18.7. The first-order chi connectivity index (χ1) is 18.5. The first-order valence-corrected chi connectivity index (χ1v) is 13.8. The van der Waals surface area contributed by atoms with E-state index in [1.165, 1.54) is 22.9 Å². The van der Waals surface area contributed by atoms with Gasteiger partial charge in [-0.05, 0) is 41.9 Å². The topological polar surface area (TPSA) is 118 Å². The summed E-state index contributed by atoms with van der Waals surface area (Å²) in [6, 6.07) is 12.3. The second-order valence-electron chi connectivity index (χ2n) is 9.88. The zero-order valence-electron chi connectivity index (χ0n) is 21.0. The molecule has 1 atom stereocenters. The van der Waals surface area contributed by atoms with Gasteiger partial charge in [0.25, 0.3) is 0 Å². The number of nitrogens with two attached hydrogens (primary N) is 1. The molecule has 38 heavy (non-hydrogen) atoms. The number of aliphatic hydroxyl groups is 1. The zero-order chi connectivity index (χ0) is 26.3. The van der Waals surface area contributed by atoms with Crippen LogP contribution in [0.25, 0.3) is 0 Å². The zero-order valence-corrected chi connectivity index (χ0v) is 22.6. The Labute approximate surface area is 230 Å². The highest BCUT2D eigenvalue weighted by Crippen LogP contribution is 2.51. The maximum absolute atomic E-state index is 10.2.